The zero-order chi connectivity index (χ0) is 16.1. The number of rotatable bonds is 5. The predicted octanol–water partition coefficient (Wildman–Crippen LogP) is 2.96. The molecule has 0 amide bonds. The molecule has 1 aliphatic rings. The van der Waals surface area contributed by atoms with E-state index in [1.54, 1.807) is 0 Å². The molecule has 1 fully saturated rings. The largest absolute Gasteiger partial charge is 0.390 e. The van der Waals surface area contributed by atoms with E-state index in [-0.39, 0.29) is 6.04 Å². The SMILES string of the molecule is OC1CCCC(N(Cc2ccccc2)Cc2ccccc2)C1O. The van der Waals surface area contributed by atoms with E-state index in [1.165, 1.54) is 11.1 Å². The van der Waals surface area contributed by atoms with Crippen LogP contribution in [0.15, 0.2) is 60.7 Å². The molecule has 2 aromatic carbocycles. The Morgan fingerprint density at radius 1 is 0.783 bits per heavy atom. The topological polar surface area (TPSA) is 43.7 Å². The Bertz CT molecular complexity index is 546. The maximum atomic E-state index is 10.5. The van der Waals surface area contributed by atoms with Crippen molar-refractivity contribution in [2.45, 2.75) is 50.6 Å². The summed E-state index contributed by atoms with van der Waals surface area (Å²) >= 11 is 0. The highest BCUT2D eigenvalue weighted by Gasteiger charge is 2.34. The van der Waals surface area contributed by atoms with Crippen LogP contribution < -0.4 is 0 Å². The van der Waals surface area contributed by atoms with Gasteiger partial charge in [-0.1, -0.05) is 60.7 Å². The minimum Gasteiger partial charge on any atom is -0.390 e. The van der Waals surface area contributed by atoms with Crippen molar-refractivity contribution < 1.29 is 10.2 Å². The first-order valence-electron chi connectivity index (χ1n) is 8.42. The van der Waals surface area contributed by atoms with Crippen LogP contribution in [-0.2, 0) is 13.1 Å². The zero-order valence-electron chi connectivity index (χ0n) is 13.4. The van der Waals surface area contributed by atoms with Crippen LogP contribution in [0.5, 0.6) is 0 Å². The predicted molar refractivity (Wildman–Crippen MR) is 91.8 cm³/mol. The van der Waals surface area contributed by atoms with E-state index in [0.29, 0.717) is 6.42 Å². The summed E-state index contributed by atoms with van der Waals surface area (Å²) in [5.74, 6) is 0. The van der Waals surface area contributed by atoms with Crippen LogP contribution in [0.4, 0.5) is 0 Å². The zero-order valence-corrected chi connectivity index (χ0v) is 13.4. The van der Waals surface area contributed by atoms with Crippen LogP contribution in [0.3, 0.4) is 0 Å². The number of benzene rings is 2. The van der Waals surface area contributed by atoms with Gasteiger partial charge in [0.1, 0.15) is 0 Å². The van der Waals surface area contributed by atoms with Gasteiger partial charge >= 0.3 is 0 Å². The average Bonchev–Trinajstić information content (AvgIpc) is 2.59. The van der Waals surface area contributed by atoms with Crippen molar-refractivity contribution in [3.63, 3.8) is 0 Å². The Balaban J connectivity index is 1.80. The maximum absolute atomic E-state index is 10.5. The molecule has 3 heteroatoms. The highest BCUT2D eigenvalue weighted by atomic mass is 16.3. The number of aliphatic hydroxyl groups excluding tert-OH is 2. The van der Waals surface area contributed by atoms with Crippen molar-refractivity contribution in [3.8, 4) is 0 Å². The standard InChI is InChI=1S/C20H25NO2/c22-19-13-7-12-18(20(19)23)21(14-16-8-3-1-4-9-16)15-17-10-5-2-6-11-17/h1-6,8-11,18-20,22-23H,7,12-15H2. The van der Waals surface area contributed by atoms with Crippen LogP contribution in [0.1, 0.15) is 30.4 Å². The summed E-state index contributed by atoms with van der Waals surface area (Å²) < 4.78 is 0. The third kappa shape index (κ3) is 4.20. The Morgan fingerprint density at radius 2 is 1.30 bits per heavy atom. The second kappa shape index (κ2) is 7.73. The molecule has 3 unspecified atom stereocenters. The van der Waals surface area contributed by atoms with Crippen molar-refractivity contribution >= 4 is 0 Å². The highest BCUT2D eigenvalue weighted by molar-refractivity contribution is 5.17. The first kappa shape index (κ1) is 16.2. The second-order valence-electron chi connectivity index (χ2n) is 6.43. The lowest BCUT2D eigenvalue weighted by molar-refractivity contribution is -0.0689. The van der Waals surface area contributed by atoms with Gasteiger partial charge in [0.15, 0.2) is 0 Å². The molecule has 0 spiro atoms. The molecule has 0 radical (unpaired) electrons. The number of nitrogens with zero attached hydrogens (tertiary/aromatic N) is 1. The summed E-state index contributed by atoms with van der Waals surface area (Å²) in [6, 6.07) is 20.7. The first-order valence-corrected chi connectivity index (χ1v) is 8.42. The van der Waals surface area contributed by atoms with Crippen LogP contribution in [-0.4, -0.2) is 33.4 Å². The summed E-state index contributed by atoms with van der Waals surface area (Å²) in [6.07, 6.45) is 1.31. The molecular formula is C20H25NO2. The molecule has 2 aromatic rings. The molecule has 122 valence electrons. The minimum atomic E-state index is -0.670. The second-order valence-corrected chi connectivity index (χ2v) is 6.43. The average molecular weight is 311 g/mol. The summed E-state index contributed by atoms with van der Waals surface area (Å²) in [6.45, 7) is 1.56. The summed E-state index contributed by atoms with van der Waals surface area (Å²) in [4.78, 5) is 2.30. The van der Waals surface area contributed by atoms with Crippen molar-refractivity contribution in [2.24, 2.45) is 0 Å². The Kier molecular flexibility index (Phi) is 5.44. The quantitative estimate of drug-likeness (QED) is 0.892. The van der Waals surface area contributed by atoms with Crippen molar-refractivity contribution in [1.82, 2.24) is 4.90 Å². The monoisotopic (exact) mass is 311 g/mol. The van der Waals surface area contributed by atoms with Crippen molar-refractivity contribution in [1.29, 1.82) is 0 Å². The molecule has 0 saturated heterocycles. The van der Waals surface area contributed by atoms with Gasteiger partial charge in [-0.25, -0.2) is 0 Å². The third-order valence-corrected chi connectivity index (χ3v) is 4.71. The molecule has 3 nitrogen and oxygen atoms in total. The summed E-state index contributed by atoms with van der Waals surface area (Å²) in [7, 11) is 0. The van der Waals surface area contributed by atoms with Gasteiger partial charge in [0.2, 0.25) is 0 Å². The highest BCUT2D eigenvalue weighted by Crippen LogP contribution is 2.26. The summed E-state index contributed by atoms with van der Waals surface area (Å²) in [5.41, 5.74) is 2.46. The molecule has 0 heterocycles. The van der Waals surface area contributed by atoms with Gasteiger partial charge < -0.3 is 10.2 Å². The Morgan fingerprint density at radius 3 is 1.83 bits per heavy atom. The molecule has 3 atom stereocenters. The van der Waals surface area contributed by atoms with Crippen LogP contribution in [0.2, 0.25) is 0 Å². The Labute approximate surface area is 138 Å². The molecule has 2 N–H and O–H groups in total. The van der Waals surface area contributed by atoms with Crippen LogP contribution in [0.25, 0.3) is 0 Å². The first-order chi connectivity index (χ1) is 11.2. The number of aliphatic hydroxyl groups is 2. The molecule has 0 aromatic heterocycles. The van der Waals surface area contributed by atoms with Gasteiger partial charge in [-0.05, 0) is 30.4 Å². The maximum Gasteiger partial charge on any atom is 0.0953 e. The fourth-order valence-electron chi connectivity index (χ4n) is 3.46. The van der Waals surface area contributed by atoms with Gasteiger partial charge in [-0.15, -0.1) is 0 Å². The molecular weight excluding hydrogens is 286 g/mol. The molecule has 1 saturated carbocycles. The summed E-state index contributed by atoms with van der Waals surface area (Å²) in [5, 5.41) is 20.5. The van der Waals surface area contributed by atoms with Crippen molar-refractivity contribution in [2.75, 3.05) is 0 Å². The van der Waals surface area contributed by atoms with Crippen LogP contribution in [0, 0.1) is 0 Å². The van der Waals surface area contributed by atoms with E-state index < -0.39 is 12.2 Å². The van der Waals surface area contributed by atoms with Crippen LogP contribution >= 0.6 is 0 Å². The van der Waals surface area contributed by atoms with E-state index in [1.807, 2.05) is 36.4 Å². The van der Waals surface area contributed by atoms with E-state index in [2.05, 4.69) is 29.2 Å². The van der Waals surface area contributed by atoms with Gasteiger partial charge in [0.05, 0.1) is 12.2 Å². The van der Waals surface area contributed by atoms with Gasteiger partial charge in [0.25, 0.3) is 0 Å². The number of hydrogen-bond acceptors (Lipinski definition) is 3. The van der Waals surface area contributed by atoms with Gasteiger partial charge in [-0.2, -0.15) is 0 Å². The van der Waals surface area contributed by atoms with Gasteiger partial charge in [0, 0.05) is 19.1 Å². The lowest BCUT2D eigenvalue weighted by Gasteiger charge is -2.40. The minimum absolute atomic E-state index is 0.000776. The number of hydrogen-bond donors (Lipinski definition) is 2. The fraction of sp³-hybridized carbons (Fsp3) is 0.400. The molecule has 23 heavy (non-hydrogen) atoms. The van der Waals surface area contributed by atoms with Gasteiger partial charge in [-0.3, -0.25) is 4.90 Å². The van der Waals surface area contributed by atoms with E-state index in [0.717, 1.165) is 25.9 Å². The van der Waals surface area contributed by atoms with Crippen molar-refractivity contribution in [3.05, 3.63) is 71.8 Å². The van der Waals surface area contributed by atoms with E-state index in [4.69, 9.17) is 0 Å². The smallest absolute Gasteiger partial charge is 0.0953 e. The lowest BCUT2D eigenvalue weighted by Crippen LogP contribution is -2.50. The molecule has 0 bridgehead atoms. The molecule has 1 aliphatic carbocycles. The molecule has 3 rings (SSSR count). The molecule has 0 aliphatic heterocycles. The third-order valence-electron chi connectivity index (χ3n) is 4.71. The fourth-order valence-corrected chi connectivity index (χ4v) is 3.46. The van der Waals surface area contributed by atoms with E-state index in [9.17, 15) is 10.2 Å². The van der Waals surface area contributed by atoms with E-state index >= 15 is 0 Å². The normalized spacial score (nSPS) is 24.7. The Hall–Kier alpha value is -1.68. The lowest BCUT2D eigenvalue weighted by atomic mass is 9.88.